The molecule has 6 nitrogen and oxygen atoms in total. The second-order valence-corrected chi connectivity index (χ2v) is 4.76. The van der Waals surface area contributed by atoms with Crippen LogP contribution in [0.1, 0.15) is 5.76 Å². The molecule has 0 spiro atoms. The molecule has 7 heteroatoms. The maximum absolute atomic E-state index is 10.7. The molecule has 19 heavy (non-hydrogen) atoms. The van der Waals surface area contributed by atoms with E-state index in [0.29, 0.717) is 18.0 Å². The summed E-state index contributed by atoms with van der Waals surface area (Å²) in [6, 6.07) is 8.16. The van der Waals surface area contributed by atoms with Crippen molar-refractivity contribution in [2.75, 3.05) is 12.4 Å². The lowest BCUT2D eigenvalue weighted by Crippen LogP contribution is -2.01. The first-order valence-electron chi connectivity index (χ1n) is 5.40. The van der Waals surface area contributed by atoms with E-state index in [1.807, 2.05) is 12.1 Å². The van der Waals surface area contributed by atoms with Gasteiger partial charge in [0.2, 0.25) is 0 Å². The monoisotopic (exact) mass is 374 g/mol. The van der Waals surface area contributed by atoms with Crippen LogP contribution in [0, 0.1) is 13.9 Å². The molecule has 0 radical (unpaired) electrons. The number of nitro benzene ring substituents is 1. The number of anilines is 1. The largest absolute Gasteiger partial charge is 0.494 e. The van der Waals surface area contributed by atoms with Crippen LogP contribution in [0.5, 0.6) is 5.75 Å². The molecule has 1 aromatic carbocycles. The molecule has 0 aliphatic carbocycles. The van der Waals surface area contributed by atoms with Gasteiger partial charge in [-0.05, 0) is 40.8 Å². The van der Waals surface area contributed by atoms with Gasteiger partial charge in [0.05, 0.1) is 30.3 Å². The number of hydrogen-bond acceptors (Lipinski definition) is 5. The Kier molecular flexibility index (Phi) is 4.25. The molecule has 0 atom stereocenters. The molecule has 0 fully saturated rings. The minimum Gasteiger partial charge on any atom is -0.494 e. The Labute approximate surface area is 123 Å². The summed E-state index contributed by atoms with van der Waals surface area (Å²) in [7, 11) is 1.47. The smallest absolute Gasteiger partial charge is 0.273 e. The molecule has 0 bridgehead atoms. The summed E-state index contributed by atoms with van der Waals surface area (Å²) in [5, 5.41) is 13.8. The van der Waals surface area contributed by atoms with E-state index in [9.17, 15) is 10.1 Å². The lowest BCUT2D eigenvalue weighted by molar-refractivity contribution is -0.384. The number of furan rings is 1. The number of nitrogens with zero attached hydrogens (tertiary/aromatic N) is 1. The maximum Gasteiger partial charge on any atom is 0.273 e. The predicted octanol–water partition coefficient (Wildman–Crippen LogP) is 3.41. The van der Waals surface area contributed by atoms with Crippen molar-refractivity contribution in [3.8, 4) is 5.75 Å². The summed E-state index contributed by atoms with van der Waals surface area (Å²) in [6.07, 6.45) is 0. The van der Waals surface area contributed by atoms with Crippen LogP contribution in [0.4, 0.5) is 11.4 Å². The van der Waals surface area contributed by atoms with E-state index in [2.05, 4.69) is 27.9 Å². The summed E-state index contributed by atoms with van der Waals surface area (Å²) in [6.45, 7) is 0.483. The average molecular weight is 374 g/mol. The topological polar surface area (TPSA) is 77.5 Å². The van der Waals surface area contributed by atoms with E-state index in [0.717, 1.165) is 9.53 Å². The van der Waals surface area contributed by atoms with Gasteiger partial charge in [-0.25, -0.2) is 0 Å². The van der Waals surface area contributed by atoms with Gasteiger partial charge in [-0.1, -0.05) is 0 Å². The van der Waals surface area contributed by atoms with Gasteiger partial charge in [-0.3, -0.25) is 10.1 Å². The van der Waals surface area contributed by atoms with Crippen molar-refractivity contribution in [2.24, 2.45) is 0 Å². The van der Waals surface area contributed by atoms with Crippen LogP contribution >= 0.6 is 22.6 Å². The Bertz CT molecular complexity index is 597. The molecule has 1 N–H and O–H groups in total. The molecule has 0 saturated heterocycles. The first kappa shape index (κ1) is 13.7. The van der Waals surface area contributed by atoms with Gasteiger partial charge in [-0.2, -0.15) is 0 Å². The molecule has 0 unspecified atom stereocenters. The van der Waals surface area contributed by atoms with Crippen LogP contribution in [-0.2, 0) is 6.54 Å². The Morgan fingerprint density at radius 2 is 2.21 bits per heavy atom. The van der Waals surface area contributed by atoms with Crippen LogP contribution in [-0.4, -0.2) is 12.0 Å². The van der Waals surface area contributed by atoms with Crippen molar-refractivity contribution in [1.29, 1.82) is 0 Å². The number of hydrogen-bond donors (Lipinski definition) is 1. The van der Waals surface area contributed by atoms with Crippen LogP contribution in [0.3, 0.4) is 0 Å². The van der Waals surface area contributed by atoms with Crippen molar-refractivity contribution in [3.05, 3.63) is 50.0 Å². The molecular formula is C12H11IN2O4. The van der Waals surface area contributed by atoms with Crippen molar-refractivity contribution in [2.45, 2.75) is 6.54 Å². The number of benzene rings is 1. The van der Waals surface area contributed by atoms with E-state index >= 15 is 0 Å². The number of non-ortho nitro benzene ring substituents is 1. The zero-order chi connectivity index (χ0) is 13.8. The van der Waals surface area contributed by atoms with E-state index < -0.39 is 4.92 Å². The summed E-state index contributed by atoms with van der Waals surface area (Å²) < 4.78 is 11.4. The van der Waals surface area contributed by atoms with E-state index in [-0.39, 0.29) is 5.69 Å². The minimum atomic E-state index is -0.457. The quantitative estimate of drug-likeness (QED) is 0.493. The van der Waals surface area contributed by atoms with Gasteiger partial charge in [0, 0.05) is 6.07 Å². The molecule has 100 valence electrons. The third kappa shape index (κ3) is 3.37. The highest BCUT2D eigenvalue weighted by Crippen LogP contribution is 2.29. The molecule has 0 aliphatic rings. The maximum atomic E-state index is 10.7. The average Bonchev–Trinajstić information content (AvgIpc) is 2.81. The van der Waals surface area contributed by atoms with Crippen molar-refractivity contribution in [3.63, 3.8) is 0 Å². The van der Waals surface area contributed by atoms with E-state index in [1.165, 1.54) is 19.2 Å². The minimum absolute atomic E-state index is 0.00468. The number of halogens is 1. The highest BCUT2D eigenvalue weighted by molar-refractivity contribution is 14.1. The lowest BCUT2D eigenvalue weighted by atomic mass is 10.2. The Hall–Kier alpha value is -1.77. The fourth-order valence-electron chi connectivity index (χ4n) is 1.57. The molecule has 0 saturated carbocycles. The number of nitrogens with one attached hydrogen (secondary N) is 1. The van der Waals surface area contributed by atoms with Crippen molar-refractivity contribution in [1.82, 2.24) is 0 Å². The fraction of sp³-hybridized carbons (Fsp3) is 0.167. The summed E-state index contributed by atoms with van der Waals surface area (Å²) in [4.78, 5) is 10.2. The standard InChI is InChI=1S/C12H11IN2O4/c1-18-11-6-8(15(16)17)2-4-10(11)14-7-9-3-5-12(13)19-9/h2-6,14H,7H2,1H3. The highest BCUT2D eigenvalue weighted by atomic mass is 127. The van der Waals surface area contributed by atoms with Crippen molar-refractivity contribution >= 4 is 34.0 Å². The Morgan fingerprint density at radius 1 is 1.42 bits per heavy atom. The SMILES string of the molecule is COc1cc([N+](=O)[O-])ccc1NCc1ccc(I)o1. The first-order chi connectivity index (χ1) is 9.10. The summed E-state index contributed by atoms with van der Waals surface area (Å²) in [5.74, 6) is 1.21. The molecule has 2 rings (SSSR count). The van der Waals surface area contributed by atoms with Crippen LogP contribution < -0.4 is 10.1 Å². The molecule has 0 aliphatic heterocycles. The number of rotatable bonds is 5. The fourth-order valence-corrected chi connectivity index (χ4v) is 2.03. The normalized spacial score (nSPS) is 10.2. The molecule has 0 amide bonds. The molecular weight excluding hydrogens is 363 g/mol. The number of methoxy groups -OCH3 is 1. The zero-order valence-electron chi connectivity index (χ0n) is 10.1. The second kappa shape index (κ2) is 5.91. The Balaban J connectivity index is 2.13. The summed E-state index contributed by atoms with van der Waals surface area (Å²) >= 11 is 2.09. The van der Waals surface area contributed by atoms with Crippen LogP contribution in [0.15, 0.2) is 34.7 Å². The summed E-state index contributed by atoms with van der Waals surface area (Å²) in [5.41, 5.74) is 0.675. The predicted molar refractivity (Wildman–Crippen MR) is 78.4 cm³/mol. The highest BCUT2D eigenvalue weighted by Gasteiger charge is 2.11. The van der Waals surface area contributed by atoms with Crippen LogP contribution in [0.2, 0.25) is 0 Å². The first-order valence-corrected chi connectivity index (χ1v) is 6.48. The van der Waals surface area contributed by atoms with E-state index in [1.54, 1.807) is 6.07 Å². The second-order valence-electron chi connectivity index (χ2n) is 3.70. The van der Waals surface area contributed by atoms with Gasteiger partial charge in [0.15, 0.2) is 3.77 Å². The van der Waals surface area contributed by atoms with Gasteiger partial charge >= 0.3 is 0 Å². The third-order valence-corrected chi connectivity index (χ3v) is 3.06. The van der Waals surface area contributed by atoms with Gasteiger partial charge < -0.3 is 14.5 Å². The third-order valence-electron chi connectivity index (χ3n) is 2.48. The number of nitro groups is 1. The van der Waals surface area contributed by atoms with Crippen molar-refractivity contribution < 1.29 is 14.1 Å². The van der Waals surface area contributed by atoms with Gasteiger partial charge in [0.1, 0.15) is 11.5 Å². The van der Waals surface area contributed by atoms with E-state index in [4.69, 9.17) is 9.15 Å². The van der Waals surface area contributed by atoms with Gasteiger partial charge in [0.25, 0.3) is 5.69 Å². The molecule has 1 aromatic heterocycles. The Morgan fingerprint density at radius 3 is 2.79 bits per heavy atom. The zero-order valence-corrected chi connectivity index (χ0v) is 12.2. The lowest BCUT2D eigenvalue weighted by Gasteiger charge is -2.09. The molecule has 1 heterocycles. The molecule has 2 aromatic rings. The van der Waals surface area contributed by atoms with Crippen LogP contribution in [0.25, 0.3) is 0 Å². The van der Waals surface area contributed by atoms with Gasteiger partial charge in [-0.15, -0.1) is 0 Å². The number of ether oxygens (including phenoxy) is 1.